The Morgan fingerprint density at radius 2 is 1.57 bits per heavy atom. The van der Waals surface area contributed by atoms with E-state index in [1.54, 1.807) is 6.92 Å². The number of benzene rings is 2. The molecule has 0 spiro atoms. The smallest absolute Gasteiger partial charge is 0.230 e. The maximum atomic E-state index is 13.0. The minimum atomic E-state index is -1.27. The minimum Gasteiger partial charge on any atom is -0.384 e. The van der Waals surface area contributed by atoms with Crippen molar-refractivity contribution in [3.05, 3.63) is 71.5 Å². The first-order valence-corrected chi connectivity index (χ1v) is 7.56. The molecule has 0 radical (unpaired) electrons. The van der Waals surface area contributed by atoms with Crippen LogP contribution in [0.15, 0.2) is 54.6 Å². The highest BCUT2D eigenvalue weighted by Gasteiger charge is 2.32. The third-order valence-corrected chi connectivity index (χ3v) is 4.12. The molecule has 4 heteroatoms. The zero-order chi connectivity index (χ0) is 17.1. The molecule has 0 saturated heterocycles. The maximum absolute atomic E-state index is 13.0. The summed E-state index contributed by atoms with van der Waals surface area (Å²) < 4.78 is 13.0. The summed E-state index contributed by atoms with van der Waals surface area (Å²) in [4.78, 5) is 12.5. The summed E-state index contributed by atoms with van der Waals surface area (Å²) in [6.45, 7) is 5.32. The van der Waals surface area contributed by atoms with E-state index in [0.717, 1.165) is 5.56 Å². The second-order valence-corrected chi connectivity index (χ2v) is 6.45. The van der Waals surface area contributed by atoms with Crippen LogP contribution in [0.4, 0.5) is 4.39 Å². The van der Waals surface area contributed by atoms with Gasteiger partial charge in [-0.15, -0.1) is 0 Å². The van der Waals surface area contributed by atoms with Crippen molar-refractivity contribution in [2.75, 3.05) is 6.54 Å². The summed E-state index contributed by atoms with van der Waals surface area (Å²) >= 11 is 0. The van der Waals surface area contributed by atoms with Gasteiger partial charge in [0, 0.05) is 0 Å². The molecule has 0 aromatic heterocycles. The van der Waals surface area contributed by atoms with Gasteiger partial charge in [-0.2, -0.15) is 0 Å². The molecule has 1 unspecified atom stereocenters. The van der Waals surface area contributed by atoms with E-state index >= 15 is 0 Å². The summed E-state index contributed by atoms with van der Waals surface area (Å²) in [6, 6.07) is 15.1. The van der Waals surface area contributed by atoms with Gasteiger partial charge in [0.15, 0.2) is 0 Å². The summed E-state index contributed by atoms with van der Waals surface area (Å²) in [5, 5.41) is 13.3. The van der Waals surface area contributed by atoms with E-state index in [1.807, 2.05) is 44.2 Å². The van der Waals surface area contributed by atoms with Crippen LogP contribution in [-0.4, -0.2) is 17.6 Å². The zero-order valence-corrected chi connectivity index (χ0v) is 13.6. The predicted octanol–water partition coefficient (Wildman–Crippen LogP) is 3.13. The van der Waals surface area contributed by atoms with Crippen molar-refractivity contribution in [3.8, 4) is 0 Å². The molecule has 0 fully saturated rings. The Labute approximate surface area is 136 Å². The summed E-state index contributed by atoms with van der Waals surface area (Å²) in [7, 11) is 0. The lowest BCUT2D eigenvalue weighted by atomic mass is 9.83. The van der Waals surface area contributed by atoms with Gasteiger partial charge in [-0.05, 0) is 44.0 Å². The highest BCUT2D eigenvalue weighted by molar-refractivity contribution is 5.87. The second-order valence-electron chi connectivity index (χ2n) is 6.45. The van der Waals surface area contributed by atoms with E-state index in [2.05, 4.69) is 5.32 Å². The fraction of sp³-hybridized carbons (Fsp3) is 0.316. The molecular weight excluding hydrogens is 293 g/mol. The molecule has 2 aromatic rings. The number of rotatable bonds is 5. The van der Waals surface area contributed by atoms with E-state index in [-0.39, 0.29) is 18.3 Å². The van der Waals surface area contributed by atoms with Crippen LogP contribution in [0.3, 0.4) is 0 Å². The molecule has 0 aliphatic heterocycles. The normalized spacial score (nSPS) is 14.1. The Balaban J connectivity index is 2.07. The average molecular weight is 315 g/mol. The molecule has 1 amide bonds. The van der Waals surface area contributed by atoms with Crippen molar-refractivity contribution in [2.45, 2.75) is 31.8 Å². The largest absolute Gasteiger partial charge is 0.384 e. The quantitative estimate of drug-likeness (QED) is 0.890. The molecule has 0 aliphatic rings. The minimum absolute atomic E-state index is 0.0493. The molecule has 0 heterocycles. The van der Waals surface area contributed by atoms with Gasteiger partial charge < -0.3 is 10.4 Å². The second kappa shape index (κ2) is 6.50. The van der Waals surface area contributed by atoms with Crippen LogP contribution in [0.5, 0.6) is 0 Å². The first kappa shape index (κ1) is 17.2. The van der Waals surface area contributed by atoms with Crippen LogP contribution < -0.4 is 5.32 Å². The summed E-state index contributed by atoms with van der Waals surface area (Å²) in [6.07, 6.45) is 0. The van der Waals surface area contributed by atoms with Crippen LogP contribution in [0.2, 0.25) is 0 Å². The van der Waals surface area contributed by atoms with Crippen LogP contribution in [-0.2, 0) is 15.8 Å². The van der Waals surface area contributed by atoms with E-state index < -0.39 is 11.0 Å². The predicted molar refractivity (Wildman–Crippen MR) is 88.4 cm³/mol. The highest BCUT2D eigenvalue weighted by atomic mass is 19.1. The fourth-order valence-corrected chi connectivity index (χ4v) is 2.37. The zero-order valence-electron chi connectivity index (χ0n) is 13.6. The molecule has 0 saturated carbocycles. The Kier molecular flexibility index (Phi) is 4.85. The van der Waals surface area contributed by atoms with Gasteiger partial charge in [0.25, 0.3) is 0 Å². The van der Waals surface area contributed by atoms with E-state index in [1.165, 1.54) is 24.3 Å². The molecule has 23 heavy (non-hydrogen) atoms. The van der Waals surface area contributed by atoms with Crippen molar-refractivity contribution in [2.24, 2.45) is 0 Å². The average Bonchev–Trinajstić information content (AvgIpc) is 2.54. The third-order valence-electron chi connectivity index (χ3n) is 4.12. The summed E-state index contributed by atoms with van der Waals surface area (Å²) in [5.74, 6) is -0.537. The Morgan fingerprint density at radius 3 is 2.13 bits per heavy atom. The van der Waals surface area contributed by atoms with Crippen molar-refractivity contribution >= 4 is 5.91 Å². The number of hydrogen-bond donors (Lipinski definition) is 2. The molecule has 1 atom stereocenters. The van der Waals surface area contributed by atoms with Gasteiger partial charge in [0.1, 0.15) is 11.4 Å². The van der Waals surface area contributed by atoms with Crippen molar-refractivity contribution < 1.29 is 14.3 Å². The fourth-order valence-electron chi connectivity index (χ4n) is 2.37. The lowest BCUT2D eigenvalue weighted by molar-refractivity contribution is -0.126. The molecule has 2 rings (SSSR count). The number of nitrogens with one attached hydrogen (secondary N) is 1. The Morgan fingerprint density at radius 1 is 1.00 bits per heavy atom. The Bertz CT molecular complexity index is 664. The number of carbonyl (C=O) groups is 1. The van der Waals surface area contributed by atoms with Crippen molar-refractivity contribution in [1.82, 2.24) is 5.32 Å². The number of aliphatic hydroxyl groups is 1. The van der Waals surface area contributed by atoms with Gasteiger partial charge in [0.05, 0.1) is 12.0 Å². The molecule has 0 bridgehead atoms. The van der Waals surface area contributed by atoms with E-state index in [4.69, 9.17) is 0 Å². The lowest BCUT2D eigenvalue weighted by Gasteiger charge is -2.29. The van der Waals surface area contributed by atoms with Crippen molar-refractivity contribution in [3.63, 3.8) is 0 Å². The molecule has 0 aliphatic carbocycles. The molecular formula is C19H22FNO2. The first-order valence-electron chi connectivity index (χ1n) is 7.56. The van der Waals surface area contributed by atoms with Crippen LogP contribution in [0.25, 0.3) is 0 Å². The van der Waals surface area contributed by atoms with Gasteiger partial charge >= 0.3 is 0 Å². The number of carbonyl (C=O) groups excluding carboxylic acids is 1. The molecule has 122 valence electrons. The number of halogens is 1. The van der Waals surface area contributed by atoms with E-state index in [0.29, 0.717) is 5.56 Å². The van der Waals surface area contributed by atoms with Crippen molar-refractivity contribution in [1.29, 1.82) is 0 Å². The standard InChI is InChI=1S/C19H22FNO2/c1-18(2,14-7-5-4-6-8-14)17(22)21-13-19(3,23)15-9-11-16(20)12-10-15/h4-12,23H,13H2,1-3H3,(H,21,22). The third kappa shape index (κ3) is 3.96. The molecule has 2 N–H and O–H groups in total. The van der Waals surface area contributed by atoms with Crippen LogP contribution >= 0.6 is 0 Å². The van der Waals surface area contributed by atoms with Gasteiger partial charge in [-0.1, -0.05) is 42.5 Å². The topological polar surface area (TPSA) is 49.3 Å². The maximum Gasteiger partial charge on any atom is 0.230 e. The van der Waals surface area contributed by atoms with Crippen LogP contribution in [0, 0.1) is 5.82 Å². The van der Waals surface area contributed by atoms with Gasteiger partial charge in [-0.3, -0.25) is 4.79 Å². The highest BCUT2D eigenvalue weighted by Crippen LogP contribution is 2.24. The molecule has 2 aromatic carbocycles. The number of hydrogen-bond acceptors (Lipinski definition) is 2. The van der Waals surface area contributed by atoms with E-state index in [9.17, 15) is 14.3 Å². The Hall–Kier alpha value is -2.20. The lowest BCUT2D eigenvalue weighted by Crippen LogP contribution is -2.45. The van der Waals surface area contributed by atoms with Crippen LogP contribution in [0.1, 0.15) is 31.9 Å². The monoisotopic (exact) mass is 315 g/mol. The number of amides is 1. The van der Waals surface area contributed by atoms with Gasteiger partial charge in [-0.25, -0.2) is 4.39 Å². The molecule has 3 nitrogen and oxygen atoms in total. The summed E-state index contributed by atoms with van der Waals surface area (Å²) in [5.41, 5.74) is -0.522. The first-order chi connectivity index (χ1) is 10.7. The van der Waals surface area contributed by atoms with Gasteiger partial charge in [0.2, 0.25) is 5.91 Å². The SMILES string of the molecule is CC(O)(CNC(=O)C(C)(C)c1ccccc1)c1ccc(F)cc1.